The highest BCUT2D eigenvalue weighted by atomic mass is 16.5. The number of hydrogen-bond donors (Lipinski definition) is 2. The largest absolute Gasteiger partial charge is 0.382 e. The summed E-state index contributed by atoms with van der Waals surface area (Å²) in [5.41, 5.74) is 5.46. The fourth-order valence-electron chi connectivity index (χ4n) is 1.21. The number of rotatable bonds is 8. The van der Waals surface area contributed by atoms with Crippen LogP contribution >= 0.6 is 0 Å². The Morgan fingerprint density at radius 1 is 1.47 bits per heavy atom. The third-order valence-electron chi connectivity index (χ3n) is 2.34. The van der Waals surface area contributed by atoms with Crippen LogP contribution in [0, 0.1) is 5.92 Å². The Labute approximate surface area is 91.3 Å². The van der Waals surface area contributed by atoms with Crippen molar-refractivity contribution < 1.29 is 14.3 Å². The fraction of sp³-hybridized carbons (Fsp3) is 0.900. The summed E-state index contributed by atoms with van der Waals surface area (Å²) >= 11 is 0. The lowest BCUT2D eigenvalue weighted by Crippen LogP contribution is -2.40. The summed E-state index contributed by atoms with van der Waals surface area (Å²) in [5.74, 6) is -0.122. The number of nitrogens with one attached hydrogen (secondary N) is 1. The van der Waals surface area contributed by atoms with E-state index in [4.69, 9.17) is 15.2 Å². The van der Waals surface area contributed by atoms with Gasteiger partial charge in [-0.1, -0.05) is 6.92 Å². The molecule has 5 nitrogen and oxygen atoms in total. The van der Waals surface area contributed by atoms with Crippen LogP contribution in [-0.4, -0.2) is 45.9 Å². The zero-order valence-corrected chi connectivity index (χ0v) is 9.79. The molecule has 0 aliphatic heterocycles. The lowest BCUT2D eigenvalue weighted by Gasteiger charge is -2.17. The van der Waals surface area contributed by atoms with E-state index in [1.54, 1.807) is 14.2 Å². The van der Waals surface area contributed by atoms with Crippen molar-refractivity contribution in [3.8, 4) is 0 Å². The first-order valence-corrected chi connectivity index (χ1v) is 5.19. The van der Waals surface area contributed by atoms with E-state index in [0.29, 0.717) is 19.7 Å². The molecule has 15 heavy (non-hydrogen) atoms. The van der Waals surface area contributed by atoms with Gasteiger partial charge in [-0.15, -0.1) is 0 Å². The minimum atomic E-state index is -0.106. The Morgan fingerprint density at radius 2 is 2.13 bits per heavy atom. The van der Waals surface area contributed by atoms with Gasteiger partial charge in [0.25, 0.3) is 0 Å². The molecule has 0 heterocycles. The van der Waals surface area contributed by atoms with E-state index in [-0.39, 0.29) is 17.9 Å². The molecular weight excluding hydrogens is 196 g/mol. The van der Waals surface area contributed by atoms with E-state index in [2.05, 4.69) is 5.32 Å². The van der Waals surface area contributed by atoms with Crippen LogP contribution in [0.15, 0.2) is 0 Å². The van der Waals surface area contributed by atoms with Gasteiger partial charge in [0.05, 0.1) is 12.7 Å². The minimum Gasteiger partial charge on any atom is -0.382 e. The lowest BCUT2D eigenvalue weighted by atomic mass is 10.1. The van der Waals surface area contributed by atoms with Crippen LogP contribution in [0.2, 0.25) is 0 Å². The normalized spacial score (nSPS) is 14.7. The van der Waals surface area contributed by atoms with Crippen LogP contribution in [0.4, 0.5) is 0 Å². The summed E-state index contributed by atoms with van der Waals surface area (Å²) in [4.78, 5) is 11.5. The number of nitrogens with two attached hydrogens (primary N) is 1. The lowest BCUT2D eigenvalue weighted by molar-refractivity contribution is -0.125. The van der Waals surface area contributed by atoms with Crippen LogP contribution in [-0.2, 0) is 14.3 Å². The maximum atomic E-state index is 11.5. The quantitative estimate of drug-likeness (QED) is 0.589. The molecule has 0 bridgehead atoms. The number of ether oxygens (including phenoxy) is 2. The van der Waals surface area contributed by atoms with Crippen molar-refractivity contribution in [3.05, 3.63) is 0 Å². The third kappa shape index (κ3) is 5.71. The van der Waals surface area contributed by atoms with E-state index in [0.717, 1.165) is 6.42 Å². The van der Waals surface area contributed by atoms with Gasteiger partial charge in [-0.05, 0) is 6.42 Å². The molecule has 5 heteroatoms. The van der Waals surface area contributed by atoms with Crippen LogP contribution < -0.4 is 11.1 Å². The highest BCUT2D eigenvalue weighted by Crippen LogP contribution is 1.99. The van der Waals surface area contributed by atoms with Crippen molar-refractivity contribution in [1.29, 1.82) is 0 Å². The van der Waals surface area contributed by atoms with Gasteiger partial charge in [-0.25, -0.2) is 0 Å². The van der Waals surface area contributed by atoms with E-state index >= 15 is 0 Å². The van der Waals surface area contributed by atoms with Gasteiger partial charge in [0.1, 0.15) is 0 Å². The number of carbonyl (C=O) groups excluding carboxylic acids is 1. The summed E-state index contributed by atoms with van der Waals surface area (Å²) in [5, 5.41) is 2.80. The van der Waals surface area contributed by atoms with Gasteiger partial charge < -0.3 is 20.5 Å². The third-order valence-corrected chi connectivity index (χ3v) is 2.34. The average Bonchev–Trinajstić information content (AvgIpc) is 2.25. The van der Waals surface area contributed by atoms with Crippen LogP contribution in [0.5, 0.6) is 0 Å². The topological polar surface area (TPSA) is 73.6 Å². The van der Waals surface area contributed by atoms with Crippen LogP contribution in [0.25, 0.3) is 0 Å². The Kier molecular flexibility index (Phi) is 8.27. The molecular formula is C10H22N2O3. The van der Waals surface area contributed by atoms with Crippen LogP contribution in [0.1, 0.15) is 13.3 Å². The molecule has 0 aromatic carbocycles. The number of carbonyl (C=O) groups is 1. The summed E-state index contributed by atoms with van der Waals surface area (Å²) in [6, 6.07) is 0. The first kappa shape index (κ1) is 14.3. The van der Waals surface area contributed by atoms with Gasteiger partial charge in [0.15, 0.2) is 0 Å². The monoisotopic (exact) mass is 218 g/mol. The second-order valence-electron chi connectivity index (χ2n) is 3.40. The Morgan fingerprint density at radius 3 is 2.53 bits per heavy atom. The molecule has 0 saturated carbocycles. The molecule has 0 saturated heterocycles. The molecule has 0 aromatic rings. The predicted molar refractivity (Wildman–Crippen MR) is 58.5 cm³/mol. The summed E-state index contributed by atoms with van der Waals surface area (Å²) < 4.78 is 10.1. The van der Waals surface area contributed by atoms with E-state index < -0.39 is 0 Å². The van der Waals surface area contributed by atoms with Crippen molar-refractivity contribution in [2.45, 2.75) is 19.4 Å². The highest BCUT2D eigenvalue weighted by molar-refractivity contribution is 5.78. The fourth-order valence-corrected chi connectivity index (χ4v) is 1.21. The maximum absolute atomic E-state index is 11.5. The van der Waals surface area contributed by atoms with E-state index in [1.165, 1.54) is 0 Å². The molecule has 2 unspecified atom stereocenters. The Balaban J connectivity index is 3.85. The number of hydrogen-bond acceptors (Lipinski definition) is 4. The molecule has 0 rings (SSSR count). The van der Waals surface area contributed by atoms with Gasteiger partial charge >= 0.3 is 0 Å². The second-order valence-corrected chi connectivity index (χ2v) is 3.40. The van der Waals surface area contributed by atoms with Gasteiger partial charge in [0, 0.05) is 33.2 Å². The molecule has 3 N–H and O–H groups in total. The molecule has 0 radical (unpaired) electrons. The standard InChI is InChI=1S/C10H22N2O3/c1-4-8(5-11)10(13)12-6-9(15-3)7-14-2/h8-9H,4-7,11H2,1-3H3,(H,12,13). The first-order valence-electron chi connectivity index (χ1n) is 5.19. The highest BCUT2D eigenvalue weighted by Gasteiger charge is 2.15. The molecule has 0 spiro atoms. The Bertz CT molecular complexity index is 172. The molecule has 1 amide bonds. The number of methoxy groups -OCH3 is 2. The van der Waals surface area contributed by atoms with E-state index in [9.17, 15) is 4.79 Å². The van der Waals surface area contributed by atoms with Crippen LogP contribution in [0.3, 0.4) is 0 Å². The average molecular weight is 218 g/mol. The SMILES string of the molecule is CCC(CN)C(=O)NCC(COC)OC. The van der Waals surface area contributed by atoms with Crippen molar-refractivity contribution in [1.82, 2.24) is 5.32 Å². The number of amides is 1. The van der Waals surface area contributed by atoms with Crippen molar-refractivity contribution in [2.24, 2.45) is 11.7 Å². The van der Waals surface area contributed by atoms with Crippen molar-refractivity contribution >= 4 is 5.91 Å². The van der Waals surface area contributed by atoms with Crippen molar-refractivity contribution in [3.63, 3.8) is 0 Å². The van der Waals surface area contributed by atoms with Crippen molar-refractivity contribution in [2.75, 3.05) is 33.9 Å². The zero-order valence-electron chi connectivity index (χ0n) is 9.79. The molecule has 90 valence electrons. The second kappa shape index (κ2) is 8.64. The van der Waals surface area contributed by atoms with Gasteiger partial charge in [-0.2, -0.15) is 0 Å². The smallest absolute Gasteiger partial charge is 0.224 e. The minimum absolute atomic E-state index is 0.0156. The summed E-state index contributed by atoms with van der Waals surface area (Å²) in [7, 11) is 3.19. The molecule has 2 atom stereocenters. The van der Waals surface area contributed by atoms with Gasteiger partial charge in [0.2, 0.25) is 5.91 Å². The summed E-state index contributed by atoms with van der Waals surface area (Å²) in [6.45, 7) is 3.25. The maximum Gasteiger partial charge on any atom is 0.224 e. The zero-order chi connectivity index (χ0) is 11.7. The molecule has 0 aliphatic carbocycles. The first-order chi connectivity index (χ1) is 7.19. The Hall–Kier alpha value is -0.650. The molecule has 0 aromatic heterocycles. The predicted octanol–water partition coefficient (Wildman–Crippen LogP) is -0.251. The molecule has 0 aliphatic rings. The summed E-state index contributed by atoms with van der Waals surface area (Å²) in [6.07, 6.45) is 0.652. The van der Waals surface area contributed by atoms with Gasteiger partial charge in [-0.3, -0.25) is 4.79 Å². The molecule has 0 fully saturated rings. The van der Waals surface area contributed by atoms with E-state index in [1.807, 2.05) is 6.92 Å².